The van der Waals surface area contributed by atoms with Gasteiger partial charge in [0.2, 0.25) is 12.3 Å². The quantitative estimate of drug-likeness (QED) is 0.0590. The Morgan fingerprint density at radius 1 is 1.05 bits per heavy atom. The standard InChI is InChI=1S/C38H42F3N7O8/c1-23(6-9-34(50)44-22-49)48-36(52)27-8-7-26(19-28(27)37(48)53)56-17-16-55-15-14-47-12-10-25(11-13-47)43-21-24-18-31(32(54-2)20-29(24)42)46-35(51)30-4-3-5-33(45-30)38(39,40)41/h3-5,7-8,18-23,25H,6,9-17,42H2,1-2H3,(H,46,51)(H,44,49,50). The molecule has 2 aliphatic rings. The molecule has 56 heavy (non-hydrogen) atoms. The lowest BCUT2D eigenvalue weighted by Gasteiger charge is -2.30. The molecule has 298 valence electrons. The fourth-order valence-electron chi connectivity index (χ4n) is 6.22. The number of halogens is 3. The first-order chi connectivity index (χ1) is 26.8. The lowest BCUT2D eigenvalue weighted by Crippen LogP contribution is -2.38. The first-order valence-electron chi connectivity index (χ1n) is 17.8. The number of methoxy groups -OCH3 is 1. The van der Waals surface area contributed by atoms with E-state index in [0.29, 0.717) is 36.8 Å². The van der Waals surface area contributed by atoms with Crippen LogP contribution in [0.2, 0.25) is 0 Å². The summed E-state index contributed by atoms with van der Waals surface area (Å²) in [6, 6.07) is 10.3. The highest BCUT2D eigenvalue weighted by atomic mass is 19.4. The van der Waals surface area contributed by atoms with Crippen LogP contribution in [0, 0.1) is 0 Å². The number of hydrogen-bond acceptors (Lipinski definition) is 12. The van der Waals surface area contributed by atoms with E-state index in [9.17, 15) is 37.1 Å². The van der Waals surface area contributed by atoms with Crippen molar-refractivity contribution < 1.29 is 51.4 Å². The Balaban J connectivity index is 1.03. The number of imide groups is 2. The molecule has 5 amide bonds. The molecule has 1 unspecified atom stereocenters. The van der Waals surface area contributed by atoms with E-state index in [4.69, 9.17) is 24.9 Å². The number of nitrogen functional groups attached to an aromatic ring is 1. The van der Waals surface area contributed by atoms with Gasteiger partial charge in [-0.3, -0.25) is 39.2 Å². The second kappa shape index (κ2) is 18.6. The zero-order valence-electron chi connectivity index (χ0n) is 30.8. The Bertz CT molecular complexity index is 1970. The monoisotopic (exact) mass is 781 g/mol. The van der Waals surface area contributed by atoms with E-state index in [1.165, 1.54) is 25.3 Å². The van der Waals surface area contributed by atoms with Gasteiger partial charge in [0.25, 0.3) is 17.7 Å². The van der Waals surface area contributed by atoms with Gasteiger partial charge < -0.3 is 30.2 Å². The van der Waals surface area contributed by atoms with Crippen LogP contribution in [0.15, 0.2) is 53.5 Å². The maximum absolute atomic E-state index is 13.1. The normalized spacial score (nSPS) is 15.5. The van der Waals surface area contributed by atoms with Crippen molar-refractivity contribution in [2.24, 2.45) is 4.99 Å². The number of pyridine rings is 1. The molecular formula is C38H42F3N7O8. The fraction of sp³-hybridized carbons (Fsp3) is 0.395. The van der Waals surface area contributed by atoms with Gasteiger partial charge in [0.1, 0.15) is 29.5 Å². The lowest BCUT2D eigenvalue weighted by molar-refractivity contribution is -0.141. The number of carbonyl (C=O) groups excluding carboxylic acids is 5. The third-order valence-electron chi connectivity index (χ3n) is 9.29. The highest BCUT2D eigenvalue weighted by Crippen LogP contribution is 2.32. The van der Waals surface area contributed by atoms with Crippen LogP contribution in [0.1, 0.15) is 75.1 Å². The summed E-state index contributed by atoms with van der Waals surface area (Å²) in [5.41, 5.74) is 6.14. The number of ether oxygens (including phenoxy) is 3. The SMILES string of the molecule is COc1cc(N)c(C=NC2CCN(CCOCCOc3ccc4c(c3)C(=O)N(C(C)CCC(=O)NC=O)C4=O)CC2)cc1NC(=O)c1cccc(C(F)(F)F)n1. The number of nitrogens with one attached hydrogen (secondary N) is 2. The molecule has 0 spiro atoms. The number of benzene rings is 2. The number of nitrogens with two attached hydrogens (primary N) is 1. The fourth-order valence-corrected chi connectivity index (χ4v) is 6.22. The van der Waals surface area contributed by atoms with E-state index in [1.807, 2.05) is 5.32 Å². The van der Waals surface area contributed by atoms with Crippen molar-refractivity contribution in [2.45, 2.75) is 50.9 Å². The molecule has 0 bridgehead atoms. The summed E-state index contributed by atoms with van der Waals surface area (Å²) in [6.07, 6.45) is -1.03. The number of alkyl halides is 3. The number of carbonyl (C=O) groups is 5. The average Bonchev–Trinajstić information content (AvgIpc) is 3.43. The smallest absolute Gasteiger partial charge is 0.433 e. The van der Waals surface area contributed by atoms with Gasteiger partial charge in [-0.25, -0.2) is 4.98 Å². The number of hydrogen-bond donors (Lipinski definition) is 3. The predicted octanol–water partition coefficient (Wildman–Crippen LogP) is 3.96. The van der Waals surface area contributed by atoms with Crippen molar-refractivity contribution in [1.29, 1.82) is 0 Å². The summed E-state index contributed by atoms with van der Waals surface area (Å²) in [5, 5.41) is 4.59. The topological polar surface area (TPSA) is 195 Å². The van der Waals surface area contributed by atoms with Gasteiger partial charge in [-0.15, -0.1) is 0 Å². The van der Waals surface area contributed by atoms with Crippen molar-refractivity contribution in [3.8, 4) is 11.5 Å². The molecular weight excluding hydrogens is 739 g/mol. The molecule has 3 aromatic rings. The molecule has 1 saturated heterocycles. The van der Waals surface area contributed by atoms with E-state index < -0.39 is 47.2 Å². The number of nitrogens with zero attached hydrogens (tertiary/aromatic N) is 4. The minimum absolute atomic E-state index is 0.0117. The van der Waals surface area contributed by atoms with Crippen LogP contribution in [0.5, 0.6) is 11.5 Å². The van der Waals surface area contributed by atoms with Crippen molar-refractivity contribution in [1.82, 2.24) is 20.1 Å². The lowest BCUT2D eigenvalue weighted by atomic mass is 10.1. The van der Waals surface area contributed by atoms with Crippen LogP contribution >= 0.6 is 0 Å². The number of fused-ring (bicyclic) bond motifs is 1. The average molecular weight is 782 g/mol. The molecule has 4 N–H and O–H groups in total. The van der Waals surface area contributed by atoms with Gasteiger partial charge in [0.15, 0.2) is 0 Å². The van der Waals surface area contributed by atoms with E-state index in [1.54, 1.807) is 31.3 Å². The Labute approximate surface area is 320 Å². The molecule has 3 heterocycles. The molecule has 18 heteroatoms. The summed E-state index contributed by atoms with van der Waals surface area (Å²) in [6.45, 7) is 4.94. The number of amides is 5. The Kier molecular flexibility index (Phi) is 13.7. The first kappa shape index (κ1) is 41.3. The van der Waals surface area contributed by atoms with Crippen molar-refractivity contribution in [3.05, 3.63) is 76.6 Å². The molecule has 0 aliphatic carbocycles. The van der Waals surface area contributed by atoms with E-state index in [-0.39, 0.29) is 54.5 Å². The molecule has 0 radical (unpaired) electrons. The van der Waals surface area contributed by atoms with Gasteiger partial charge in [0.05, 0.1) is 43.2 Å². The van der Waals surface area contributed by atoms with E-state index >= 15 is 0 Å². The highest BCUT2D eigenvalue weighted by Gasteiger charge is 2.39. The summed E-state index contributed by atoms with van der Waals surface area (Å²) in [4.78, 5) is 72.2. The zero-order valence-corrected chi connectivity index (χ0v) is 30.8. The van der Waals surface area contributed by atoms with Gasteiger partial charge in [-0.05, 0) is 62.6 Å². The van der Waals surface area contributed by atoms with Gasteiger partial charge >= 0.3 is 6.18 Å². The third-order valence-corrected chi connectivity index (χ3v) is 9.29. The second-order valence-corrected chi connectivity index (χ2v) is 13.1. The number of aromatic nitrogens is 1. The van der Waals surface area contributed by atoms with E-state index in [0.717, 1.165) is 43.0 Å². The largest absolute Gasteiger partial charge is 0.494 e. The zero-order chi connectivity index (χ0) is 40.4. The summed E-state index contributed by atoms with van der Waals surface area (Å²) < 4.78 is 56.2. The summed E-state index contributed by atoms with van der Waals surface area (Å²) >= 11 is 0. The number of piperidine rings is 1. The Morgan fingerprint density at radius 2 is 1.80 bits per heavy atom. The van der Waals surface area contributed by atoms with Gasteiger partial charge in [0, 0.05) is 55.6 Å². The van der Waals surface area contributed by atoms with Crippen molar-refractivity contribution >= 4 is 47.6 Å². The molecule has 15 nitrogen and oxygen atoms in total. The van der Waals surface area contributed by atoms with Crippen LogP contribution < -0.4 is 25.8 Å². The Morgan fingerprint density at radius 3 is 2.52 bits per heavy atom. The number of anilines is 2. The van der Waals surface area contributed by atoms with Crippen LogP contribution in [-0.4, -0.2) is 110 Å². The predicted molar refractivity (Wildman–Crippen MR) is 198 cm³/mol. The van der Waals surface area contributed by atoms with Crippen LogP contribution in [0.3, 0.4) is 0 Å². The molecule has 2 aliphatic heterocycles. The highest BCUT2D eigenvalue weighted by molar-refractivity contribution is 6.21. The van der Waals surface area contributed by atoms with Crippen LogP contribution in [0.25, 0.3) is 0 Å². The molecule has 1 atom stereocenters. The van der Waals surface area contributed by atoms with E-state index in [2.05, 4.69) is 15.2 Å². The Hall–Kier alpha value is -5.88. The first-order valence-corrected chi connectivity index (χ1v) is 17.8. The minimum atomic E-state index is -4.70. The number of aliphatic imine (C=N–C) groups is 1. The van der Waals surface area contributed by atoms with Crippen LogP contribution in [-0.2, 0) is 20.5 Å². The maximum atomic E-state index is 13.1. The summed E-state index contributed by atoms with van der Waals surface area (Å²) in [7, 11) is 1.38. The number of likely N-dealkylation sites (tertiary alicyclic amines) is 1. The maximum Gasteiger partial charge on any atom is 0.433 e. The molecule has 0 saturated carbocycles. The third kappa shape index (κ3) is 10.4. The molecule has 2 aromatic carbocycles. The molecule has 1 aromatic heterocycles. The van der Waals surface area contributed by atoms with Crippen molar-refractivity contribution in [3.63, 3.8) is 0 Å². The second-order valence-electron chi connectivity index (χ2n) is 13.1. The van der Waals surface area contributed by atoms with Crippen LogP contribution in [0.4, 0.5) is 24.5 Å². The minimum Gasteiger partial charge on any atom is -0.494 e. The molecule has 1 fully saturated rings. The number of rotatable bonds is 17. The molecule has 5 rings (SSSR count). The van der Waals surface area contributed by atoms with Gasteiger partial charge in [-0.1, -0.05) is 6.07 Å². The van der Waals surface area contributed by atoms with Gasteiger partial charge in [-0.2, -0.15) is 13.2 Å². The summed E-state index contributed by atoms with van der Waals surface area (Å²) in [5.74, 6) is -1.62. The van der Waals surface area contributed by atoms with Crippen molar-refractivity contribution in [2.75, 3.05) is 57.6 Å².